The Balaban J connectivity index is 0.000000433. The minimum absolute atomic E-state index is 0.309. The fourth-order valence-electron chi connectivity index (χ4n) is 2.51. The van der Waals surface area contributed by atoms with Crippen molar-refractivity contribution in [3.63, 3.8) is 0 Å². The number of benzene rings is 3. The predicted molar refractivity (Wildman–Crippen MR) is 93.3 cm³/mol. The van der Waals surface area contributed by atoms with Gasteiger partial charge in [-0.15, -0.1) is 0 Å². The number of hydrogen-bond acceptors (Lipinski definition) is 2. The third kappa shape index (κ3) is 4.82. The number of ether oxygens (including phenoxy) is 1. The topological polar surface area (TPSA) is 26.3 Å². The number of hydrogen-bond donors (Lipinski definition) is 0. The lowest BCUT2D eigenvalue weighted by molar-refractivity contribution is -0.126. The van der Waals surface area contributed by atoms with Crippen LogP contribution in [-0.4, -0.2) is 13.6 Å². The molecule has 0 aliphatic heterocycles. The molecular weight excluding hydrogens is 284 g/mol. The number of carbonyl (C=O) groups is 1. The highest BCUT2D eigenvalue weighted by atomic mass is 16.5. The molecule has 3 aromatic carbocycles. The van der Waals surface area contributed by atoms with Crippen LogP contribution in [-0.2, 0) is 9.53 Å². The van der Waals surface area contributed by atoms with Gasteiger partial charge in [0.1, 0.15) is 0 Å². The SMILES string of the molecule is COC=O.c1ccc(C(c2ccccc2)c2ccccc2)cc1. The Morgan fingerprint density at radius 3 is 1.13 bits per heavy atom. The van der Waals surface area contributed by atoms with Crippen molar-refractivity contribution in [2.75, 3.05) is 7.11 Å². The summed E-state index contributed by atoms with van der Waals surface area (Å²) in [7, 11) is 1.31. The molecule has 0 spiro atoms. The third-order valence-corrected chi connectivity index (χ3v) is 3.49. The fraction of sp³-hybridized carbons (Fsp3) is 0.0952. The molecule has 0 aliphatic carbocycles. The second-order valence-electron chi connectivity index (χ2n) is 5.00. The molecule has 0 saturated heterocycles. The van der Waals surface area contributed by atoms with Gasteiger partial charge in [-0.25, -0.2) is 0 Å². The van der Waals surface area contributed by atoms with E-state index in [4.69, 9.17) is 4.79 Å². The van der Waals surface area contributed by atoms with Gasteiger partial charge in [0.05, 0.1) is 7.11 Å². The van der Waals surface area contributed by atoms with Gasteiger partial charge in [0.25, 0.3) is 6.47 Å². The Bertz CT molecular complexity index is 585. The van der Waals surface area contributed by atoms with Crippen molar-refractivity contribution in [1.82, 2.24) is 0 Å². The van der Waals surface area contributed by atoms with Gasteiger partial charge in [-0.3, -0.25) is 4.79 Å². The number of rotatable bonds is 4. The summed E-state index contributed by atoms with van der Waals surface area (Å²) in [5.41, 5.74) is 4.00. The quantitative estimate of drug-likeness (QED) is 0.518. The van der Waals surface area contributed by atoms with Crippen LogP contribution in [0.2, 0.25) is 0 Å². The highest BCUT2D eigenvalue weighted by Gasteiger charge is 2.15. The summed E-state index contributed by atoms with van der Waals surface area (Å²) >= 11 is 0. The highest BCUT2D eigenvalue weighted by Crippen LogP contribution is 2.31. The smallest absolute Gasteiger partial charge is 0.292 e. The molecule has 2 heteroatoms. The van der Waals surface area contributed by atoms with E-state index >= 15 is 0 Å². The summed E-state index contributed by atoms with van der Waals surface area (Å²) in [6.07, 6.45) is 0. The van der Waals surface area contributed by atoms with Crippen molar-refractivity contribution < 1.29 is 9.53 Å². The monoisotopic (exact) mass is 304 g/mol. The average Bonchev–Trinajstić information content (AvgIpc) is 2.65. The molecule has 3 aromatic rings. The molecule has 0 heterocycles. The van der Waals surface area contributed by atoms with Crippen molar-refractivity contribution in [3.8, 4) is 0 Å². The first kappa shape index (κ1) is 16.5. The lowest BCUT2D eigenvalue weighted by Gasteiger charge is -2.18. The van der Waals surface area contributed by atoms with Crippen molar-refractivity contribution in [2.45, 2.75) is 5.92 Å². The van der Waals surface area contributed by atoms with E-state index in [0.717, 1.165) is 0 Å². The molecule has 0 atom stereocenters. The van der Waals surface area contributed by atoms with E-state index in [1.165, 1.54) is 23.8 Å². The summed E-state index contributed by atoms with van der Waals surface area (Å²) in [5.74, 6) is 0.309. The van der Waals surface area contributed by atoms with Crippen LogP contribution in [0.5, 0.6) is 0 Å². The Kier molecular flexibility index (Phi) is 6.61. The summed E-state index contributed by atoms with van der Waals surface area (Å²) in [6, 6.07) is 32.0. The molecule has 0 amide bonds. The summed E-state index contributed by atoms with van der Waals surface area (Å²) in [6.45, 7) is 0.375. The van der Waals surface area contributed by atoms with Crippen LogP contribution in [0.4, 0.5) is 0 Å². The molecule has 116 valence electrons. The largest absolute Gasteiger partial charge is 0.471 e. The van der Waals surface area contributed by atoms with Gasteiger partial charge in [0, 0.05) is 5.92 Å². The average molecular weight is 304 g/mol. The lowest BCUT2D eigenvalue weighted by atomic mass is 9.85. The van der Waals surface area contributed by atoms with E-state index in [0.29, 0.717) is 12.4 Å². The molecular formula is C21H20O2. The molecule has 0 aliphatic rings. The summed E-state index contributed by atoms with van der Waals surface area (Å²) in [5, 5.41) is 0. The maximum atomic E-state index is 8.95. The zero-order valence-corrected chi connectivity index (χ0v) is 13.1. The Hall–Kier alpha value is -2.87. The Labute approximate surface area is 137 Å². The Morgan fingerprint density at radius 2 is 0.913 bits per heavy atom. The van der Waals surface area contributed by atoms with Gasteiger partial charge in [-0.2, -0.15) is 0 Å². The van der Waals surface area contributed by atoms with E-state index in [-0.39, 0.29) is 0 Å². The molecule has 0 fully saturated rings. The van der Waals surface area contributed by atoms with Gasteiger partial charge in [0.2, 0.25) is 0 Å². The lowest BCUT2D eigenvalue weighted by Crippen LogP contribution is -2.02. The molecule has 2 nitrogen and oxygen atoms in total. The van der Waals surface area contributed by atoms with Crippen molar-refractivity contribution >= 4 is 6.47 Å². The normalized spacial score (nSPS) is 9.65. The van der Waals surface area contributed by atoms with Crippen molar-refractivity contribution in [1.29, 1.82) is 0 Å². The third-order valence-electron chi connectivity index (χ3n) is 3.49. The van der Waals surface area contributed by atoms with E-state index in [9.17, 15) is 0 Å². The maximum absolute atomic E-state index is 8.95. The van der Waals surface area contributed by atoms with Crippen molar-refractivity contribution in [3.05, 3.63) is 108 Å². The minimum atomic E-state index is 0.309. The molecule has 0 unspecified atom stereocenters. The first-order valence-corrected chi connectivity index (χ1v) is 7.48. The van der Waals surface area contributed by atoms with Crippen LogP contribution < -0.4 is 0 Å². The number of methoxy groups -OCH3 is 1. The number of carbonyl (C=O) groups excluding carboxylic acids is 1. The van der Waals surface area contributed by atoms with Gasteiger partial charge < -0.3 is 4.74 Å². The second-order valence-corrected chi connectivity index (χ2v) is 5.00. The molecule has 0 aromatic heterocycles. The molecule has 0 N–H and O–H groups in total. The van der Waals surface area contributed by atoms with Gasteiger partial charge in [-0.05, 0) is 16.7 Å². The maximum Gasteiger partial charge on any atom is 0.292 e. The van der Waals surface area contributed by atoms with Crippen LogP contribution in [0.1, 0.15) is 22.6 Å². The molecule has 0 saturated carbocycles. The van der Waals surface area contributed by atoms with E-state index in [1.54, 1.807) is 0 Å². The fourth-order valence-corrected chi connectivity index (χ4v) is 2.51. The molecule has 23 heavy (non-hydrogen) atoms. The highest BCUT2D eigenvalue weighted by molar-refractivity contribution is 5.42. The van der Waals surface area contributed by atoms with E-state index < -0.39 is 0 Å². The first-order chi connectivity index (χ1) is 11.4. The molecule has 0 bridgehead atoms. The van der Waals surface area contributed by atoms with Crippen LogP contribution in [0.3, 0.4) is 0 Å². The molecule has 0 radical (unpaired) electrons. The van der Waals surface area contributed by atoms with Crippen molar-refractivity contribution in [2.24, 2.45) is 0 Å². The predicted octanol–water partition coefficient (Wildman–Crippen LogP) is 4.66. The van der Waals surface area contributed by atoms with E-state index in [2.05, 4.69) is 95.7 Å². The van der Waals surface area contributed by atoms with Gasteiger partial charge >= 0.3 is 0 Å². The second kappa shape index (κ2) is 9.21. The summed E-state index contributed by atoms with van der Waals surface area (Å²) < 4.78 is 3.86. The van der Waals surface area contributed by atoms with Crippen LogP contribution in [0.25, 0.3) is 0 Å². The zero-order valence-electron chi connectivity index (χ0n) is 13.1. The van der Waals surface area contributed by atoms with Crippen LogP contribution in [0, 0.1) is 0 Å². The Morgan fingerprint density at radius 1 is 0.652 bits per heavy atom. The van der Waals surface area contributed by atoms with E-state index in [1.807, 2.05) is 0 Å². The molecule has 3 rings (SSSR count). The zero-order chi connectivity index (χ0) is 16.3. The van der Waals surface area contributed by atoms with Crippen LogP contribution in [0.15, 0.2) is 91.0 Å². The van der Waals surface area contributed by atoms with Gasteiger partial charge in [-0.1, -0.05) is 91.0 Å². The minimum Gasteiger partial charge on any atom is -0.471 e. The van der Waals surface area contributed by atoms with Crippen LogP contribution >= 0.6 is 0 Å². The summed E-state index contributed by atoms with van der Waals surface area (Å²) in [4.78, 5) is 8.95. The standard InChI is InChI=1S/C19H16.C2H4O2/c1-4-10-16(11-5-1)19(17-12-6-2-7-13-17)18-14-8-3-9-15-18;1-4-2-3/h1-15,19H;2H,1H3. The van der Waals surface area contributed by atoms with Gasteiger partial charge in [0.15, 0.2) is 0 Å². The first-order valence-electron chi connectivity index (χ1n) is 7.48.